The van der Waals surface area contributed by atoms with Crippen LogP contribution in [0.4, 0.5) is 19.7 Å². The van der Waals surface area contributed by atoms with Gasteiger partial charge < -0.3 is 35.2 Å². The summed E-state index contributed by atoms with van der Waals surface area (Å²) in [6, 6.07) is 4.71. The van der Waals surface area contributed by atoms with Gasteiger partial charge in [-0.1, -0.05) is 31.8 Å². The predicted octanol–water partition coefficient (Wildman–Crippen LogP) is 4.49. The van der Waals surface area contributed by atoms with Crippen LogP contribution in [0.5, 0.6) is 0 Å². The van der Waals surface area contributed by atoms with Crippen LogP contribution in [0.2, 0.25) is 0 Å². The first-order valence-corrected chi connectivity index (χ1v) is 22.5. The molecular formula is C42H54FN7O9S. The fraction of sp³-hybridized carbons (Fsp3) is 0.571. The Bertz CT molecular complexity index is 2050. The van der Waals surface area contributed by atoms with E-state index in [0.717, 1.165) is 56.2 Å². The van der Waals surface area contributed by atoms with Crippen LogP contribution in [0.25, 0.3) is 0 Å². The smallest absolute Gasteiger partial charge is 0.410 e. The lowest BCUT2D eigenvalue weighted by Gasteiger charge is -2.30. The molecule has 2 aromatic rings. The van der Waals surface area contributed by atoms with E-state index in [1.807, 2.05) is 12.1 Å². The topological polar surface area (TPSA) is 205 Å². The minimum atomic E-state index is -4.66. The number of amides is 5. The van der Waals surface area contributed by atoms with E-state index in [2.05, 4.69) is 32.2 Å². The first-order valence-electron chi connectivity index (χ1n) is 21.0. The van der Waals surface area contributed by atoms with Crippen molar-refractivity contribution >= 4 is 45.6 Å². The lowest BCUT2D eigenvalue weighted by Crippen LogP contribution is -2.58. The number of halogens is 1. The molecule has 1 aromatic carbocycles. The van der Waals surface area contributed by atoms with Crippen molar-refractivity contribution in [3.05, 3.63) is 66.8 Å². The zero-order chi connectivity index (χ0) is 42.4. The number of anilines is 1. The average Bonchev–Trinajstić information content (AvgIpc) is 3.67. The molecule has 1 spiro atoms. The van der Waals surface area contributed by atoms with Crippen LogP contribution < -0.4 is 20.7 Å². The molecule has 2 saturated carbocycles. The number of ether oxygens (including phenoxy) is 2. The second kappa shape index (κ2) is 18.6. The molecule has 2 saturated heterocycles. The summed E-state index contributed by atoms with van der Waals surface area (Å²) in [7, 11) is -4.66. The maximum absolute atomic E-state index is 14.6. The summed E-state index contributed by atoms with van der Waals surface area (Å²) in [6.45, 7) is 4.81. The largest absolute Gasteiger partial charge is 0.446 e. The van der Waals surface area contributed by atoms with Crippen LogP contribution >= 0.6 is 0 Å². The number of aromatic nitrogens is 1. The number of nitrogens with zero attached hydrogens (tertiary/aromatic N) is 3. The highest BCUT2D eigenvalue weighted by molar-refractivity contribution is 7.90. The van der Waals surface area contributed by atoms with Crippen LogP contribution in [-0.4, -0.2) is 109 Å². The number of fused-ring (bicyclic) bond motifs is 2. The van der Waals surface area contributed by atoms with E-state index < -0.39 is 80.3 Å². The normalized spacial score (nSPS) is 29.0. The van der Waals surface area contributed by atoms with E-state index in [1.165, 1.54) is 17.0 Å². The quantitative estimate of drug-likeness (QED) is 0.309. The molecule has 0 bridgehead atoms. The third kappa shape index (κ3) is 9.85. The summed E-state index contributed by atoms with van der Waals surface area (Å²) in [5, 5.41) is 8.54. The summed E-state index contributed by atoms with van der Waals surface area (Å²) in [5.41, 5.74) is -0.609. The van der Waals surface area contributed by atoms with Crippen LogP contribution in [0.15, 0.2) is 60.3 Å². The summed E-state index contributed by atoms with van der Waals surface area (Å²) in [5.74, 6) is -3.84. The number of carbonyl (C=O) groups excluding carboxylic acids is 5. The Kier molecular flexibility index (Phi) is 13.3. The van der Waals surface area contributed by atoms with E-state index in [-0.39, 0.29) is 43.5 Å². The van der Waals surface area contributed by atoms with Crippen LogP contribution in [-0.2, 0) is 33.9 Å². The van der Waals surface area contributed by atoms with E-state index in [4.69, 9.17) is 9.47 Å². The number of nitrogens with one attached hydrogen (secondary N) is 4. The summed E-state index contributed by atoms with van der Waals surface area (Å²) >= 11 is 0. The maximum Gasteiger partial charge on any atom is 0.410 e. The number of rotatable bonds is 5. The highest BCUT2D eigenvalue weighted by Gasteiger charge is 2.61. The third-order valence-corrected chi connectivity index (χ3v) is 13.8. The number of likely N-dealkylation sites (tertiary alicyclic amines) is 1. The minimum Gasteiger partial charge on any atom is -0.446 e. The highest BCUT2D eigenvalue weighted by Crippen LogP contribution is 2.45. The van der Waals surface area contributed by atoms with Crippen LogP contribution in [0, 0.1) is 11.7 Å². The monoisotopic (exact) mass is 851 g/mol. The zero-order valence-corrected chi connectivity index (χ0v) is 34.4. The molecule has 5 aliphatic rings. The van der Waals surface area contributed by atoms with Crippen molar-refractivity contribution in [2.45, 2.75) is 124 Å². The summed E-state index contributed by atoms with van der Waals surface area (Å²) in [4.78, 5) is 76.3. The fourth-order valence-corrected chi connectivity index (χ4v) is 10.1. The number of hydrogen-bond acceptors (Lipinski definition) is 11. The highest BCUT2D eigenvalue weighted by atomic mass is 32.2. The van der Waals surface area contributed by atoms with E-state index in [9.17, 15) is 36.8 Å². The molecule has 60 heavy (non-hydrogen) atoms. The molecule has 2 aliphatic carbocycles. The lowest BCUT2D eigenvalue weighted by molar-refractivity contribution is -0.141. The van der Waals surface area contributed by atoms with Crippen molar-refractivity contribution in [3.8, 4) is 0 Å². The van der Waals surface area contributed by atoms with Gasteiger partial charge in [0, 0.05) is 50.3 Å². The van der Waals surface area contributed by atoms with Gasteiger partial charge in [-0.15, -0.1) is 6.58 Å². The number of alkyl carbamates (subject to hydrolysis) is 1. The number of sulfonamides is 1. The molecular weight excluding hydrogens is 798 g/mol. The lowest BCUT2D eigenvalue weighted by atomic mass is 10.00. The van der Waals surface area contributed by atoms with Gasteiger partial charge in [0.05, 0.1) is 12.2 Å². The number of benzene rings is 1. The Morgan fingerprint density at radius 1 is 0.933 bits per heavy atom. The Morgan fingerprint density at radius 3 is 2.42 bits per heavy atom. The third-order valence-electron chi connectivity index (χ3n) is 12.4. The predicted molar refractivity (Wildman–Crippen MR) is 216 cm³/mol. The maximum atomic E-state index is 14.6. The van der Waals surface area contributed by atoms with Crippen LogP contribution in [0.3, 0.4) is 0 Å². The molecule has 4 fully saturated rings. The van der Waals surface area contributed by atoms with E-state index in [0.29, 0.717) is 45.3 Å². The molecule has 18 heteroatoms. The molecule has 1 aromatic heterocycles. The van der Waals surface area contributed by atoms with Crippen molar-refractivity contribution in [3.63, 3.8) is 0 Å². The van der Waals surface area contributed by atoms with Gasteiger partial charge in [-0.05, 0) is 87.3 Å². The number of carbonyl (C=O) groups is 5. The van der Waals surface area contributed by atoms with Crippen molar-refractivity contribution < 1.29 is 46.3 Å². The second-order valence-electron chi connectivity index (χ2n) is 16.5. The van der Waals surface area contributed by atoms with Crippen LogP contribution in [0.1, 0.15) is 95.0 Å². The molecule has 3 aliphatic heterocycles. The SMILES string of the molecule is C=C[C@@H]1C[C@@]12NC(=O)[C@@H]1C[C@@H](OC(=O)N3CCC(c4ccncc4)C3)CN1C(=O)[C@@H](NC(=O)OC1CCCC1)CCCCCCCNc1ccc(F)cc1S(=O)(=O)NC2=O. The number of hydrogen-bond donors (Lipinski definition) is 4. The van der Waals surface area contributed by atoms with Gasteiger partial charge in [0.15, 0.2) is 0 Å². The van der Waals surface area contributed by atoms with E-state index >= 15 is 0 Å². The summed E-state index contributed by atoms with van der Waals surface area (Å²) in [6.07, 6.45) is 9.88. The molecule has 4 heterocycles. The van der Waals surface area contributed by atoms with Crippen molar-refractivity contribution in [2.75, 3.05) is 31.5 Å². The first-order chi connectivity index (χ1) is 28.9. The Labute approximate surface area is 349 Å². The second-order valence-corrected chi connectivity index (χ2v) is 18.2. The van der Waals surface area contributed by atoms with Gasteiger partial charge in [-0.2, -0.15) is 0 Å². The Morgan fingerprint density at radius 2 is 1.67 bits per heavy atom. The molecule has 6 atom stereocenters. The molecule has 7 rings (SSSR count). The van der Waals surface area contributed by atoms with E-state index in [1.54, 1.807) is 17.3 Å². The Balaban J connectivity index is 1.15. The molecule has 1 unspecified atom stereocenters. The van der Waals surface area contributed by atoms with Gasteiger partial charge in [-0.25, -0.2) is 27.1 Å². The minimum absolute atomic E-state index is 0.00171. The van der Waals surface area contributed by atoms with Gasteiger partial charge in [0.2, 0.25) is 11.8 Å². The van der Waals surface area contributed by atoms with Crippen molar-refractivity contribution in [1.82, 2.24) is 30.1 Å². The fourth-order valence-electron chi connectivity index (χ4n) is 8.91. The van der Waals surface area contributed by atoms with Gasteiger partial charge in [-0.3, -0.25) is 19.4 Å². The molecule has 0 radical (unpaired) electrons. The molecule has 324 valence electrons. The Hall–Kier alpha value is -5.26. The molecule has 4 N–H and O–H groups in total. The molecule has 5 amide bonds. The standard InChI is InChI=1S/C42H54FN7O9S/c1-2-29-24-42(29)39(53)48-60(56,57)36-22-30(43)13-14-33(36)45-18-9-5-3-4-6-12-34(46-40(54)58-31-10-7-8-11-31)38(52)50-26-32(23-35(50)37(51)47-42)59-41(55)49-21-17-28(25-49)27-15-19-44-20-16-27/h2,13-16,19-20,22,28-29,31-32,34-35,45H,1,3-12,17-18,21,23-26H2,(H,46,54)(H,47,51)(H,48,53)/t28?,29-,32-,34+,35+,42-/m1/s1. The first kappa shape index (κ1) is 42.8. The van der Waals surface area contributed by atoms with Gasteiger partial charge in [0.25, 0.3) is 15.9 Å². The molecule has 16 nitrogen and oxygen atoms in total. The van der Waals surface area contributed by atoms with Crippen molar-refractivity contribution in [2.24, 2.45) is 5.92 Å². The van der Waals surface area contributed by atoms with Gasteiger partial charge >= 0.3 is 12.2 Å². The van der Waals surface area contributed by atoms with Gasteiger partial charge in [0.1, 0.15) is 40.5 Å². The number of pyridine rings is 1. The summed E-state index contributed by atoms with van der Waals surface area (Å²) < 4.78 is 55.6. The zero-order valence-electron chi connectivity index (χ0n) is 33.6. The van der Waals surface area contributed by atoms with Crippen molar-refractivity contribution in [1.29, 1.82) is 0 Å². The average molecular weight is 852 g/mol.